The standard InChI is InChI=1S/C14H8BrF6NO2S/c15-12-5-4-9(7-11(12)14(19,20)21)22-25(23,24)10-3-1-2-8(6-10)13(16,17)18/h1-7,22H. The number of hydrogen-bond donors (Lipinski definition) is 1. The second kappa shape index (κ2) is 6.52. The highest BCUT2D eigenvalue weighted by Crippen LogP contribution is 2.37. The lowest BCUT2D eigenvalue weighted by Gasteiger charge is -2.14. The summed E-state index contributed by atoms with van der Waals surface area (Å²) in [5, 5.41) is 0. The van der Waals surface area contributed by atoms with Crippen molar-refractivity contribution in [1.82, 2.24) is 0 Å². The Bertz CT molecular complexity index is 893. The lowest BCUT2D eigenvalue weighted by molar-refractivity contribution is -0.138. The fourth-order valence-corrected chi connectivity index (χ4v) is 3.43. The predicted molar refractivity (Wildman–Crippen MR) is 81.4 cm³/mol. The summed E-state index contributed by atoms with van der Waals surface area (Å²) in [7, 11) is -4.50. The van der Waals surface area contributed by atoms with Crippen LogP contribution in [0.3, 0.4) is 0 Å². The van der Waals surface area contributed by atoms with Crippen LogP contribution >= 0.6 is 15.9 Å². The van der Waals surface area contributed by atoms with Crippen molar-refractivity contribution in [3.63, 3.8) is 0 Å². The summed E-state index contributed by atoms with van der Waals surface area (Å²) in [6, 6.07) is 5.43. The molecule has 0 saturated carbocycles. The smallest absolute Gasteiger partial charge is 0.280 e. The Balaban J connectivity index is 2.40. The zero-order valence-corrected chi connectivity index (χ0v) is 14.3. The molecule has 2 rings (SSSR count). The first-order valence-electron chi connectivity index (χ1n) is 6.37. The van der Waals surface area contributed by atoms with Crippen molar-refractivity contribution >= 4 is 31.6 Å². The van der Waals surface area contributed by atoms with E-state index < -0.39 is 44.1 Å². The lowest BCUT2D eigenvalue weighted by atomic mass is 10.2. The van der Waals surface area contributed by atoms with Crippen molar-refractivity contribution in [2.24, 2.45) is 0 Å². The van der Waals surface area contributed by atoms with Crippen molar-refractivity contribution in [3.8, 4) is 0 Å². The summed E-state index contributed by atoms with van der Waals surface area (Å²) in [6.07, 6.45) is -9.50. The summed E-state index contributed by atoms with van der Waals surface area (Å²) in [5.74, 6) is 0. The quantitative estimate of drug-likeness (QED) is 0.650. The SMILES string of the molecule is O=S(=O)(Nc1ccc(Br)c(C(F)(F)F)c1)c1cccc(C(F)(F)F)c1. The van der Waals surface area contributed by atoms with Crippen molar-refractivity contribution in [3.05, 3.63) is 58.1 Å². The van der Waals surface area contributed by atoms with Gasteiger partial charge in [0.05, 0.1) is 16.0 Å². The van der Waals surface area contributed by atoms with Crippen LogP contribution in [0.1, 0.15) is 11.1 Å². The normalized spacial score (nSPS) is 12.9. The molecule has 0 saturated heterocycles. The number of anilines is 1. The van der Waals surface area contributed by atoms with Gasteiger partial charge in [0.2, 0.25) is 0 Å². The van der Waals surface area contributed by atoms with Crippen LogP contribution in [0.25, 0.3) is 0 Å². The Morgan fingerprint density at radius 1 is 0.880 bits per heavy atom. The Kier molecular flexibility index (Phi) is 5.11. The molecule has 0 spiro atoms. The topological polar surface area (TPSA) is 46.2 Å². The Labute approximate surface area is 146 Å². The molecule has 0 aliphatic carbocycles. The van der Waals surface area contributed by atoms with E-state index in [0.29, 0.717) is 18.2 Å². The van der Waals surface area contributed by atoms with Crippen LogP contribution in [0, 0.1) is 0 Å². The first-order valence-corrected chi connectivity index (χ1v) is 8.65. The molecule has 0 heterocycles. The van der Waals surface area contributed by atoms with E-state index in [1.54, 1.807) is 0 Å². The van der Waals surface area contributed by atoms with Crippen LogP contribution in [-0.2, 0) is 22.4 Å². The van der Waals surface area contributed by atoms with Crippen molar-refractivity contribution in [1.29, 1.82) is 0 Å². The number of rotatable bonds is 3. The third-order valence-electron chi connectivity index (χ3n) is 3.00. The summed E-state index contributed by atoms with van der Waals surface area (Å²) in [6.45, 7) is 0. The fourth-order valence-electron chi connectivity index (χ4n) is 1.86. The molecule has 0 unspecified atom stereocenters. The highest BCUT2D eigenvalue weighted by molar-refractivity contribution is 9.10. The van der Waals surface area contributed by atoms with Gasteiger partial charge in [-0.15, -0.1) is 0 Å². The van der Waals surface area contributed by atoms with E-state index in [2.05, 4.69) is 15.9 Å². The van der Waals surface area contributed by atoms with E-state index in [1.165, 1.54) is 0 Å². The van der Waals surface area contributed by atoms with Crippen LogP contribution in [0.15, 0.2) is 51.8 Å². The molecule has 1 N–H and O–H groups in total. The van der Waals surface area contributed by atoms with Gasteiger partial charge in [-0.1, -0.05) is 22.0 Å². The Morgan fingerprint density at radius 3 is 2.08 bits per heavy atom. The van der Waals surface area contributed by atoms with Crippen molar-refractivity contribution in [2.45, 2.75) is 17.2 Å². The van der Waals surface area contributed by atoms with Gasteiger partial charge in [0.15, 0.2) is 0 Å². The number of benzene rings is 2. The van der Waals surface area contributed by atoms with E-state index in [0.717, 1.165) is 24.3 Å². The molecule has 0 aliphatic rings. The van der Waals surface area contributed by atoms with Crippen LogP contribution in [0.4, 0.5) is 32.0 Å². The van der Waals surface area contributed by atoms with E-state index in [1.807, 2.05) is 4.72 Å². The third kappa shape index (κ3) is 4.66. The fraction of sp³-hybridized carbons (Fsp3) is 0.143. The van der Waals surface area contributed by atoms with Crippen LogP contribution in [0.2, 0.25) is 0 Å². The van der Waals surface area contributed by atoms with Crippen molar-refractivity contribution in [2.75, 3.05) is 4.72 Å². The number of alkyl halides is 6. The van der Waals surface area contributed by atoms with E-state index >= 15 is 0 Å². The van der Waals surface area contributed by atoms with E-state index in [9.17, 15) is 34.8 Å². The van der Waals surface area contributed by atoms with Gasteiger partial charge in [-0.3, -0.25) is 4.72 Å². The van der Waals surface area contributed by atoms with Gasteiger partial charge in [-0.2, -0.15) is 26.3 Å². The largest absolute Gasteiger partial charge is 0.417 e. The number of halogens is 7. The minimum Gasteiger partial charge on any atom is -0.280 e. The molecular formula is C14H8BrF6NO2S. The molecule has 3 nitrogen and oxygen atoms in total. The summed E-state index contributed by atoms with van der Waals surface area (Å²) in [4.78, 5) is -0.723. The molecule has 0 fully saturated rings. The minimum absolute atomic E-state index is 0.304. The van der Waals surface area contributed by atoms with E-state index in [-0.39, 0.29) is 4.47 Å². The van der Waals surface area contributed by atoms with Crippen LogP contribution < -0.4 is 4.72 Å². The van der Waals surface area contributed by atoms with E-state index in [4.69, 9.17) is 0 Å². The number of hydrogen-bond acceptors (Lipinski definition) is 2. The van der Waals surface area contributed by atoms with Gasteiger partial charge >= 0.3 is 12.4 Å². The van der Waals surface area contributed by atoms with Gasteiger partial charge in [-0.25, -0.2) is 8.42 Å². The maximum atomic E-state index is 12.8. The van der Waals surface area contributed by atoms with Crippen LogP contribution in [-0.4, -0.2) is 8.42 Å². The monoisotopic (exact) mass is 447 g/mol. The molecule has 25 heavy (non-hydrogen) atoms. The second-order valence-corrected chi connectivity index (χ2v) is 7.36. The summed E-state index contributed by atoms with van der Waals surface area (Å²) >= 11 is 2.70. The van der Waals surface area contributed by atoms with Gasteiger partial charge in [0, 0.05) is 10.2 Å². The molecule has 0 atom stereocenters. The Hall–Kier alpha value is -1.75. The second-order valence-electron chi connectivity index (χ2n) is 4.82. The maximum Gasteiger partial charge on any atom is 0.417 e. The number of sulfonamides is 1. The average molecular weight is 448 g/mol. The predicted octanol–water partition coefficient (Wildman–Crippen LogP) is 5.29. The average Bonchev–Trinajstić information content (AvgIpc) is 2.47. The molecule has 11 heteroatoms. The summed E-state index contributed by atoms with van der Waals surface area (Å²) < 4.78 is 102. The molecule has 0 aliphatic heterocycles. The highest BCUT2D eigenvalue weighted by atomic mass is 79.9. The molecule has 2 aromatic rings. The molecule has 2 aromatic carbocycles. The molecular weight excluding hydrogens is 440 g/mol. The zero-order chi connectivity index (χ0) is 19.0. The summed E-state index contributed by atoms with van der Waals surface area (Å²) in [5.41, 5.74) is -2.76. The lowest BCUT2D eigenvalue weighted by Crippen LogP contribution is -2.15. The molecule has 0 amide bonds. The first kappa shape index (κ1) is 19.6. The van der Waals surface area contributed by atoms with Gasteiger partial charge in [0.1, 0.15) is 0 Å². The zero-order valence-electron chi connectivity index (χ0n) is 11.9. The van der Waals surface area contributed by atoms with Crippen LogP contribution in [0.5, 0.6) is 0 Å². The minimum atomic E-state index is -4.76. The van der Waals surface area contributed by atoms with Gasteiger partial charge in [-0.05, 0) is 36.4 Å². The molecule has 0 bridgehead atoms. The molecule has 136 valence electrons. The van der Waals surface area contributed by atoms with Gasteiger partial charge in [0.25, 0.3) is 10.0 Å². The highest BCUT2D eigenvalue weighted by Gasteiger charge is 2.34. The van der Waals surface area contributed by atoms with Crippen molar-refractivity contribution < 1.29 is 34.8 Å². The first-order chi connectivity index (χ1) is 11.3. The number of nitrogens with one attached hydrogen (secondary N) is 1. The molecule has 0 radical (unpaired) electrons. The third-order valence-corrected chi connectivity index (χ3v) is 5.07. The Morgan fingerprint density at radius 2 is 1.52 bits per heavy atom. The maximum absolute atomic E-state index is 12.8. The van der Waals surface area contributed by atoms with Gasteiger partial charge < -0.3 is 0 Å². The molecule has 0 aromatic heterocycles.